The van der Waals surface area contributed by atoms with Crippen molar-refractivity contribution in [2.24, 2.45) is 0 Å². The van der Waals surface area contributed by atoms with Gasteiger partial charge in [-0.3, -0.25) is 0 Å². The Morgan fingerprint density at radius 2 is 2.40 bits per heavy atom. The number of nitrogens with zero attached hydrogens (tertiary/aromatic N) is 2. The number of rotatable bonds is 5. The van der Waals surface area contributed by atoms with Crippen LogP contribution in [-0.4, -0.2) is 43.2 Å². The molecule has 0 aliphatic heterocycles. The van der Waals surface area contributed by atoms with Crippen LogP contribution < -0.4 is 10.2 Å². The van der Waals surface area contributed by atoms with Crippen LogP contribution in [0, 0.1) is 0 Å². The second kappa shape index (κ2) is 5.31. The minimum absolute atomic E-state index is 0.0730. The average Bonchev–Trinajstić information content (AvgIpc) is 2.26. The van der Waals surface area contributed by atoms with Crippen molar-refractivity contribution in [2.45, 2.75) is 0 Å². The second-order valence-electron chi connectivity index (χ2n) is 3.23. The van der Waals surface area contributed by atoms with E-state index in [1.165, 1.54) is 6.20 Å². The van der Waals surface area contributed by atoms with E-state index < -0.39 is 5.97 Å². The minimum Gasteiger partial charge on any atom is -0.477 e. The molecule has 1 heterocycles. The van der Waals surface area contributed by atoms with Crippen LogP contribution in [-0.2, 0) is 0 Å². The first-order valence-electron chi connectivity index (χ1n) is 4.70. The van der Waals surface area contributed by atoms with Crippen LogP contribution in [0.15, 0.2) is 18.3 Å². The molecule has 15 heavy (non-hydrogen) atoms. The lowest BCUT2D eigenvalue weighted by molar-refractivity contribution is 0.0690. The number of aromatic carboxylic acids is 1. The number of carboxylic acids is 1. The van der Waals surface area contributed by atoms with Gasteiger partial charge in [0.2, 0.25) is 0 Å². The van der Waals surface area contributed by atoms with Crippen molar-refractivity contribution in [2.75, 3.05) is 32.1 Å². The van der Waals surface area contributed by atoms with E-state index in [0.29, 0.717) is 0 Å². The van der Waals surface area contributed by atoms with Crippen molar-refractivity contribution in [1.29, 1.82) is 0 Å². The van der Waals surface area contributed by atoms with E-state index in [-0.39, 0.29) is 5.69 Å². The number of aromatic nitrogens is 1. The predicted octanol–water partition coefficient (Wildman–Crippen LogP) is 0.435. The van der Waals surface area contributed by atoms with Crippen LogP contribution in [0.3, 0.4) is 0 Å². The van der Waals surface area contributed by atoms with Crippen LogP contribution in [0.5, 0.6) is 0 Å². The Balaban J connectivity index is 2.76. The third-order valence-corrected chi connectivity index (χ3v) is 2.10. The highest BCUT2D eigenvalue weighted by Gasteiger charge is 2.07. The Kier molecular flexibility index (Phi) is 4.05. The Hall–Kier alpha value is -1.62. The molecule has 0 saturated carbocycles. The molecule has 0 fully saturated rings. The van der Waals surface area contributed by atoms with E-state index in [1.54, 1.807) is 12.1 Å². The highest BCUT2D eigenvalue weighted by Crippen LogP contribution is 2.12. The summed E-state index contributed by atoms with van der Waals surface area (Å²) in [4.78, 5) is 16.4. The maximum atomic E-state index is 10.7. The minimum atomic E-state index is -1.00. The normalized spacial score (nSPS) is 10.0. The van der Waals surface area contributed by atoms with Crippen LogP contribution in [0.25, 0.3) is 0 Å². The Morgan fingerprint density at radius 1 is 1.67 bits per heavy atom. The molecule has 1 rings (SSSR count). The zero-order valence-electron chi connectivity index (χ0n) is 8.90. The third kappa shape index (κ3) is 3.21. The van der Waals surface area contributed by atoms with Gasteiger partial charge in [0.05, 0.1) is 0 Å². The standard InChI is InChI=1S/C10H15N3O2/c1-11-5-6-13(2)8-3-4-12-9(7-8)10(14)15/h3-4,7,11H,5-6H2,1-2H3,(H,14,15). The summed E-state index contributed by atoms with van der Waals surface area (Å²) in [5, 5.41) is 11.8. The van der Waals surface area contributed by atoms with E-state index in [1.807, 2.05) is 19.0 Å². The fourth-order valence-electron chi connectivity index (χ4n) is 1.18. The SMILES string of the molecule is CNCCN(C)c1ccnc(C(=O)O)c1. The number of pyridine rings is 1. The number of hydrogen-bond acceptors (Lipinski definition) is 4. The molecule has 0 unspecified atom stereocenters. The predicted molar refractivity (Wildman–Crippen MR) is 58.4 cm³/mol. The molecule has 0 aromatic carbocycles. The van der Waals surface area contributed by atoms with Crippen LogP contribution >= 0.6 is 0 Å². The average molecular weight is 209 g/mol. The molecule has 1 aromatic rings. The van der Waals surface area contributed by atoms with Crippen molar-refractivity contribution >= 4 is 11.7 Å². The fourth-order valence-corrected chi connectivity index (χ4v) is 1.18. The molecule has 0 spiro atoms. The van der Waals surface area contributed by atoms with Gasteiger partial charge in [0.15, 0.2) is 0 Å². The topological polar surface area (TPSA) is 65.5 Å². The van der Waals surface area contributed by atoms with E-state index in [4.69, 9.17) is 5.11 Å². The summed E-state index contributed by atoms with van der Waals surface area (Å²) < 4.78 is 0. The molecule has 82 valence electrons. The van der Waals surface area contributed by atoms with E-state index in [0.717, 1.165) is 18.8 Å². The number of carbonyl (C=O) groups is 1. The lowest BCUT2D eigenvalue weighted by Crippen LogP contribution is -2.27. The molecule has 5 heteroatoms. The van der Waals surface area contributed by atoms with Gasteiger partial charge in [-0.1, -0.05) is 0 Å². The first kappa shape index (κ1) is 11.5. The zero-order chi connectivity index (χ0) is 11.3. The highest BCUT2D eigenvalue weighted by atomic mass is 16.4. The molecule has 0 aliphatic rings. The molecule has 5 nitrogen and oxygen atoms in total. The lowest BCUT2D eigenvalue weighted by Gasteiger charge is -2.18. The highest BCUT2D eigenvalue weighted by molar-refractivity contribution is 5.86. The van der Waals surface area contributed by atoms with Gasteiger partial charge in [-0.2, -0.15) is 0 Å². The molecule has 0 atom stereocenters. The molecule has 1 aromatic heterocycles. The molecule has 2 N–H and O–H groups in total. The summed E-state index contributed by atoms with van der Waals surface area (Å²) in [5.41, 5.74) is 0.932. The van der Waals surface area contributed by atoms with Crippen LogP contribution in [0.4, 0.5) is 5.69 Å². The summed E-state index contributed by atoms with van der Waals surface area (Å²) >= 11 is 0. The van der Waals surface area contributed by atoms with Crippen molar-refractivity contribution in [3.8, 4) is 0 Å². The van der Waals surface area contributed by atoms with Crippen molar-refractivity contribution in [3.05, 3.63) is 24.0 Å². The monoisotopic (exact) mass is 209 g/mol. The summed E-state index contributed by atoms with van der Waals surface area (Å²) in [6.07, 6.45) is 1.51. The molecule has 0 aliphatic carbocycles. The van der Waals surface area contributed by atoms with Gasteiger partial charge < -0.3 is 15.3 Å². The first-order chi connectivity index (χ1) is 7.15. The van der Waals surface area contributed by atoms with Gasteiger partial charge in [-0.15, -0.1) is 0 Å². The number of anilines is 1. The lowest BCUT2D eigenvalue weighted by atomic mass is 10.3. The second-order valence-corrected chi connectivity index (χ2v) is 3.23. The van der Waals surface area contributed by atoms with Gasteiger partial charge in [0.1, 0.15) is 5.69 Å². The third-order valence-electron chi connectivity index (χ3n) is 2.10. The van der Waals surface area contributed by atoms with Crippen molar-refractivity contribution in [1.82, 2.24) is 10.3 Å². The van der Waals surface area contributed by atoms with Gasteiger partial charge in [0, 0.05) is 32.0 Å². The Labute approximate surface area is 88.7 Å². The van der Waals surface area contributed by atoms with E-state index >= 15 is 0 Å². The first-order valence-corrected chi connectivity index (χ1v) is 4.70. The number of carboxylic acid groups (broad SMARTS) is 1. The summed E-state index contributed by atoms with van der Waals surface area (Å²) in [5.74, 6) is -1.00. The zero-order valence-corrected chi connectivity index (χ0v) is 8.90. The summed E-state index contributed by atoms with van der Waals surface area (Å²) in [7, 11) is 3.79. The van der Waals surface area contributed by atoms with E-state index in [2.05, 4.69) is 10.3 Å². The summed E-state index contributed by atoms with van der Waals surface area (Å²) in [6, 6.07) is 3.36. The quantitative estimate of drug-likeness (QED) is 0.736. The van der Waals surface area contributed by atoms with E-state index in [9.17, 15) is 4.79 Å². The fraction of sp³-hybridized carbons (Fsp3) is 0.400. The smallest absolute Gasteiger partial charge is 0.354 e. The van der Waals surface area contributed by atoms with Crippen LogP contribution in [0.2, 0.25) is 0 Å². The molecule has 0 radical (unpaired) electrons. The number of hydrogen-bond donors (Lipinski definition) is 2. The van der Waals surface area contributed by atoms with Crippen LogP contribution in [0.1, 0.15) is 10.5 Å². The maximum Gasteiger partial charge on any atom is 0.354 e. The van der Waals surface area contributed by atoms with Gasteiger partial charge in [-0.25, -0.2) is 9.78 Å². The Morgan fingerprint density at radius 3 is 3.00 bits per heavy atom. The molecular weight excluding hydrogens is 194 g/mol. The van der Waals surface area contributed by atoms with Gasteiger partial charge >= 0.3 is 5.97 Å². The number of likely N-dealkylation sites (N-methyl/N-ethyl adjacent to an activating group) is 2. The molecule has 0 amide bonds. The van der Waals surface area contributed by atoms with Crippen molar-refractivity contribution in [3.63, 3.8) is 0 Å². The Bertz CT molecular complexity index is 341. The largest absolute Gasteiger partial charge is 0.477 e. The molecular formula is C10H15N3O2. The van der Waals surface area contributed by atoms with Crippen molar-refractivity contribution < 1.29 is 9.90 Å². The van der Waals surface area contributed by atoms with Gasteiger partial charge in [0.25, 0.3) is 0 Å². The maximum absolute atomic E-state index is 10.7. The molecule has 0 saturated heterocycles. The molecule has 0 bridgehead atoms. The summed E-state index contributed by atoms with van der Waals surface area (Å²) in [6.45, 7) is 1.67. The number of nitrogens with one attached hydrogen (secondary N) is 1. The van der Waals surface area contributed by atoms with Gasteiger partial charge in [-0.05, 0) is 19.2 Å².